The lowest BCUT2D eigenvalue weighted by molar-refractivity contribution is -0.152. The zero-order valence-corrected chi connectivity index (χ0v) is 12.8. The van der Waals surface area contributed by atoms with E-state index in [1.54, 1.807) is 4.90 Å². The molecule has 1 unspecified atom stereocenters. The first-order valence-corrected chi connectivity index (χ1v) is 7.58. The van der Waals surface area contributed by atoms with Gasteiger partial charge in [-0.15, -0.1) is 0 Å². The van der Waals surface area contributed by atoms with Gasteiger partial charge in [-0.3, -0.25) is 9.59 Å². The van der Waals surface area contributed by atoms with Crippen LogP contribution in [0.3, 0.4) is 0 Å². The fourth-order valence-electron chi connectivity index (χ4n) is 3.15. The lowest BCUT2D eigenvalue weighted by Gasteiger charge is -2.40. The van der Waals surface area contributed by atoms with E-state index in [9.17, 15) is 14.7 Å². The average Bonchev–Trinajstić information content (AvgIpc) is 2.48. The summed E-state index contributed by atoms with van der Waals surface area (Å²) in [6.45, 7) is 4.94. The maximum Gasteiger partial charge on any atom is 0.311 e. The SMILES string of the molecule is CCCC1(C(=O)O)CCCN(C(=O)c2ccc(C)cc2)C1. The Morgan fingerprint density at radius 1 is 1.29 bits per heavy atom. The lowest BCUT2D eigenvalue weighted by atomic mass is 9.76. The van der Waals surface area contributed by atoms with Crippen molar-refractivity contribution in [1.29, 1.82) is 0 Å². The van der Waals surface area contributed by atoms with E-state index in [1.807, 2.05) is 38.1 Å². The molecule has 1 atom stereocenters. The molecule has 1 aromatic rings. The van der Waals surface area contributed by atoms with Crippen LogP contribution in [-0.2, 0) is 4.79 Å². The van der Waals surface area contributed by atoms with Gasteiger partial charge in [-0.2, -0.15) is 0 Å². The molecule has 4 heteroatoms. The fourth-order valence-corrected chi connectivity index (χ4v) is 3.15. The minimum Gasteiger partial charge on any atom is -0.481 e. The zero-order chi connectivity index (χ0) is 15.5. The number of nitrogens with zero attached hydrogens (tertiary/aromatic N) is 1. The van der Waals surface area contributed by atoms with Gasteiger partial charge in [-0.1, -0.05) is 31.0 Å². The van der Waals surface area contributed by atoms with Gasteiger partial charge in [0.2, 0.25) is 0 Å². The predicted molar refractivity (Wildman–Crippen MR) is 81.3 cm³/mol. The summed E-state index contributed by atoms with van der Waals surface area (Å²) in [5, 5.41) is 9.59. The van der Waals surface area contributed by atoms with E-state index in [0.29, 0.717) is 31.5 Å². The van der Waals surface area contributed by atoms with E-state index in [2.05, 4.69) is 0 Å². The molecule has 1 aliphatic rings. The smallest absolute Gasteiger partial charge is 0.311 e. The number of likely N-dealkylation sites (tertiary alicyclic amines) is 1. The number of hydrogen-bond acceptors (Lipinski definition) is 2. The van der Waals surface area contributed by atoms with E-state index < -0.39 is 11.4 Å². The van der Waals surface area contributed by atoms with Crippen LogP contribution in [0.2, 0.25) is 0 Å². The second-order valence-electron chi connectivity index (χ2n) is 6.03. The van der Waals surface area contributed by atoms with Crippen LogP contribution in [0.15, 0.2) is 24.3 Å². The van der Waals surface area contributed by atoms with Crippen LogP contribution < -0.4 is 0 Å². The number of amides is 1. The summed E-state index contributed by atoms with van der Waals surface area (Å²) in [4.78, 5) is 25.9. The highest BCUT2D eigenvalue weighted by Crippen LogP contribution is 2.35. The number of carboxylic acids is 1. The number of hydrogen-bond donors (Lipinski definition) is 1. The van der Waals surface area contributed by atoms with Crippen LogP contribution in [0, 0.1) is 12.3 Å². The summed E-state index contributed by atoms with van der Waals surface area (Å²) in [6.07, 6.45) is 2.86. The number of rotatable bonds is 4. The number of carbonyl (C=O) groups is 2. The number of aliphatic carboxylic acids is 1. The Labute approximate surface area is 125 Å². The van der Waals surface area contributed by atoms with E-state index in [4.69, 9.17) is 0 Å². The number of benzene rings is 1. The molecule has 1 N–H and O–H groups in total. The standard InChI is InChI=1S/C17H23NO3/c1-3-9-17(16(20)21)10-4-11-18(12-17)15(19)14-7-5-13(2)6-8-14/h5-8H,3-4,9-12H2,1-2H3,(H,20,21). The van der Waals surface area contributed by atoms with Gasteiger partial charge in [0.15, 0.2) is 0 Å². The molecule has 1 aliphatic heterocycles. The first-order valence-electron chi connectivity index (χ1n) is 7.58. The van der Waals surface area contributed by atoms with Crippen molar-refractivity contribution < 1.29 is 14.7 Å². The van der Waals surface area contributed by atoms with Crippen molar-refractivity contribution in [3.8, 4) is 0 Å². The van der Waals surface area contributed by atoms with E-state index in [0.717, 1.165) is 18.4 Å². The van der Waals surface area contributed by atoms with Gasteiger partial charge >= 0.3 is 5.97 Å². The fraction of sp³-hybridized carbons (Fsp3) is 0.529. The third-order valence-corrected chi connectivity index (χ3v) is 4.34. The summed E-state index contributed by atoms with van der Waals surface area (Å²) in [7, 11) is 0. The Kier molecular flexibility index (Phi) is 4.66. The van der Waals surface area contributed by atoms with Crippen molar-refractivity contribution in [2.45, 2.75) is 39.5 Å². The number of piperidine rings is 1. The molecule has 1 fully saturated rings. The minimum absolute atomic E-state index is 0.0589. The van der Waals surface area contributed by atoms with Gasteiger partial charge in [0.05, 0.1) is 5.41 Å². The monoisotopic (exact) mass is 289 g/mol. The minimum atomic E-state index is -0.772. The van der Waals surface area contributed by atoms with Crippen LogP contribution in [0.25, 0.3) is 0 Å². The topological polar surface area (TPSA) is 57.6 Å². The summed E-state index contributed by atoms with van der Waals surface area (Å²) in [5.74, 6) is -0.831. The van der Waals surface area contributed by atoms with Crippen molar-refractivity contribution in [3.05, 3.63) is 35.4 Å². The van der Waals surface area contributed by atoms with Gasteiger partial charge in [0.1, 0.15) is 0 Å². The Hall–Kier alpha value is -1.84. The Bertz CT molecular complexity index is 519. The van der Waals surface area contributed by atoms with Gasteiger partial charge in [0, 0.05) is 18.7 Å². The van der Waals surface area contributed by atoms with Crippen LogP contribution in [0.1, 0.15) is 48.5 Å². The predicted octanol–water partition coefficient (Wildman–Crippen LogP) is 3.10. The Morgan fingerprint density at radius 3 is 2.52 bits per heavy atom. The molecule has 1 aromatic carbocycles. The molecule has 0 bridgehead atoms. The van der Waals surface area contributed by atoms with Crippen molar-refractivity contribution in [2.75, 3.05) is 13.1 Å². The maximum absolute atomic E-state index is 12.6. The van der Waals surface area contributed by atoms with Crippen molar-refractivity contribution in [1.82, 2.24) is 4.90 Å². The normalized spacial score (nSPS) is 22.1. The molecule has 1 heterocycles. The van der Waals surface area contributed by atoms with Crippen LogP contribution in [0.5, 0.6) is 0 Å². The lowest BCUT2D eigenvalue weighted by Crippen LogP contribution is -2.49. The first-order chi connectivity index (χ1) is 9.98. The summed E-state index contributed by atoms with van der Waals surface area (Å²) >= 11 is 0. The highest BCUT2D eigenvalue weighted by atomic mass is 16.4. The molecular weight excluding hydrogens is 266 g/mol. The molecule has 114 valence electrons. The average molecular weight is 289 g/mol. The van der Waals surface area contributed by atoms with Gasteiger partial charge in [0.25, 0.3) is 5.91 Å². The van der Waals surface area contributed by atoms with E-state index in [1.165, 1.54) is 0 Å². The number of carboxylic acid groups (broad SMARTS) is 1. The second-order valence-corrected chi connectivity index (χ2v) is 6.03. The molecule has 21 heavy (non-hydrogen) atoms. The third-order valence-electron chi connectivity index (χ3n) is 4.34. The molecule has 0 aromatic heterocycles. The Balaban J connectivity index is 2.18. The van der Waals surface area contributed by atoms with Crippen LogP contribution >= 0.6 is 0 Å². The van der Waals surface area contributed by atoms with Crippen molar-refractivity contribution >= 4 is 11.9 Å². The molecular formula is C17H23NO3. The molecule has 2 rings (SSSR count). The van der Waals surface area contributed by atoms with Gasteiger partial charge < -0.3 is 10.0 Å². The number of aryl methyl sites for hydroxylation is 1. The van der Waals surface area contributed by atoms with Crippen LogP contribution in [0.4, 0.5) is 0 Å². The molecule has 1 amide bonds. The highest BCUT2D eigenvalue weighted by Gasteiger charge is 2.42. The zero-order valence-electron chi connectivity index (χ0n) is 12.8. The van der Waals surface area contributed by atoms with E-state index in [-0.39, 0.29) is 5.91 Å². The summed E-state index contributed by atoms with van der Waals surface area (Å²) in [6, 6.07) is 7.45. The first kappa shape index (κ1) is 15.5. The molecule has 0 spiro atoms. The van der Waals surface area contributed by atoms with Crippen molar-refractivity contribution in [3.63, 3.8) is 0 Å². The van der Waals surface area contributed by atoms with Gasteiger partial charge in [-0.05, 0) is 38.3 Å². The van der Waals surface area contributed by atoms with Crippen molar-refractivity contribution in [2.24, 2.45) is 5.41 Å². The van der Waals surface area contributed by atoms with Gasteiger partial charge in [-0.25, -0.2) is 0 Å². The molecule has 4 nitrogen and oxygen atoms in total. The number of carbonyl (C=O) groups excluding carboxylic acids is 1. The molecule has 0 saturated carbocycles. The summed E-state index contributed by atoms with van der Waals surface area (Å²) < 4.78 is 0. The second kappa shape index (κ2) is 6.29. The summed E-state index contributed by atoms with van der Waals surface area (Å²) in [5.41, 5.74) is 0.974. The van der Waals surface area contributed by atoms with Crippen LogP contribution in [-0.4, -0.2) is 35.0 Å². The Morgan fingerprint density at radius 2 is 1.95 bits per heavy atom. The molecule has 0 radical (unpaired) electrons. The maximum atomic E-state index is 12.6. The third kappa shape index (κ3) is 3.26. The highest BCUT2D eigenvalue weighted by molar-refractivity contribution is 5.94. The quantitative estimate of drug-likeness (QED) is 0.926. The largest absolute Gasteiger partial charge is 0.481 e. The molecule has 1 saturated heterocycles. The van der Waals surface area contributed by atoms with E-state index >= 15 is 0 Å². The molecule has 0 aliphatic carbocycles.